The molecule has 160 valence electrons. The summed E-state index contributed by atoms with van der Waals surface area (Å²) in [5.41, 5.74) is 1.33. The van der Waals surface area contributed by atoms with Gasteiger partial charge >= 0.3 is 0 Å². The Labute approximate surface area is 178 Å². The van der Waals surface area contributed by atoms with Gasteiger partial charge in [-0.25, -0.2) is 0 Å². The number of nitrogens with one attached hydrogen (secondary N) is 3. The molecule has 0 aliphatic heterocycles. The molecule has 0 spiro atoms. The lowest BCUT2D eigenvalue weighted by Gasteiger charge is -2.56. The minimum Gasteiger partial charge on any atom is -0.396 e. The van der Waals surface area contributed by atoms with Crippen LogP contribution in [-0.4, -0.2) is 38.7 Å². The van der Waals surface area contributed by atoms with Crippen LogP contribution in [0.3, 0.4) is 0 Å². The van der Waals surface area contributed by atoms with Gasteiger partial charge in [0.2, 0.25) is 17.8 Å². The van der Waals surface area contributed by atoms with Gasteiger partial charge in [0.15, 0.2) is 0 Å². The first-order valence-electron chi connectivity index (χ1n) is 11.4. The summed E-state index contributed by atoms with van der Waals surface area (Å²) in [6.45, 7) is 1.45. The average molecular weight is 409 g/mol. The van der Waals surface area contributed by atoms with Crippen molar-refractivity contribution >= 4 is 17.8 Å². The molecule has 30 heavy (non-hydrogen) atoms. The van der Waals surface area contributed by atoms with E-state index in [0.717, 1.165) is 17.8 Å². The van der Waals surface area contributed by atoms with E-state index in [9.17, 15) is 0 Å². The molecule has 6 rings (SSSR count). The van der Waals surface area contributed by atoms with E-state index in [4.69, 9.17) is 10.1 Å². The van der Waals surface area contributed by atoms with Crippen LogP contribution in [0.15, 0.2) is 30.3 Å². The summed E-state index contributed by atoms with van der Waals surface area (Å²) in [5, 5.41) is 19.4. The van der Waals surface area contributed by atoms with Crippen LogP contribution in [0.2, 0.25) is 0 Å². The second kappa shape index (κ2) is 8.38. The van der Waals surface area contributed by atoms with E-state index in [1.54, 1.807) is 0 Å². The summed E-state index contributed by atoms with van der Waals surface area (Å²) in [7, 11) is 0. The second-order valence-corrected chi connectivity index (χ2v) is 9.47. The summed E-state index contributed by atoms with van der Waals surface area (Å²) >= 11 is 0. The molecule has 2 aromatic rings. The highest BCUT2D eigenvalue weighted by Crippen LogP contribution is 2.56. The van der Waals surface area contributed by atoms with Gasteiger partial charge in [-0.15, -0.1) is 0 Å². The van der Waals surface area contributed by atoms with Gasteiger partial charge < -0.3 is 21.1 Å². The predicted molar refractivity (Wildman–Crippen MR) is 118 cm³/mol. The SMILES string of the molecule is OCCCNc1nc(NCc2ccccc2)nc(NC23CC4CC(CC(C4)C2)C3)n1. The smallest absolute Gasteiger partial charge is 0.229 e. The van der Waals surface area contributed by atoms with Crippen LogP contribution in [-0.2, 0) is 6.54 Å². The van der Waals surface area contributed by atoms with E-state index in [1.165, 1.54) is 44.1 Å². The summed E-state index contributed by atoms with van der Waals surface area (Å²) in [6.07, 6.45) is 8.62. The Morgan fingerprint density at radius 2 is 1.43 bits per heavy atom. The predicted octanol–water partition coefficient (Wildman–Crippen LogP) is 3.66. The van der Waals surface area contributed by atoms with E-state index >= 15 is 0 Å². The zero-order valence-electron chi connectivity index (χ0n) is 17.5. The molecule has 1 aromatic carbocycles. The molecule has 4 aliphatic rings. The van der Waals surface area contributed by atoms with E-state index in [2.05, 4.69) is 38.1 Å². The molecule has 4 fully saturated rings. The number of anilines is 3. The number of rotatable bonds is 9. The fraction of sp³-hybridized carbons (Fsp3) is 0.609. The van der Waals surface area contributed by atoms with Gasteiger partial charge in [-0.1, -0.05) is 30.3 Å². The van der Waals surface area contributed by atoms with Crippen LogP contribution in [0.5, 0.6) is 0 Å². The first-order chi connectivity index (χ1) is 14.7. The second-order valence-electron chi connectivity index (χ2n) is 9.47. The van der Waals surface area contributed by atoms with Gasteiger partial charge in [-0.2, -0.15) is 15.0 Å². The number of aliphatic hydroxyl groups excluding tert-OH is 1. The Balaban J connectivity index is 1.34. The maximum absolute atomic E-state index is 9.09. The molecule has 0 unspecified atom stereocenters. The summed E-state index contributed by atoms with van der Waals surface area (Å²) in [5.74, 6) is 4.39. The third-order valence-corrected chi connectivity index (χ3v) is 6.96. The molecule has 1 heterocycles. The van der Waals surface area contributed by atoms with Crippen LogP contribution >= 0.6 is 0 Å². The number of nitrogens with zero attached hydrogens (tertiary/aromatic N) is 3. The number of hydrogen-bond donors (Lipinski definition) is 4. The highest BCUT2D eigenvalue weighted by atomic mass is 16.3. The van der Waals surface area contributed by atoms with Crippen LogP contribution in [0.25, 0.3) is 0 Å². The zero-order valence-corrected chi connectivity index (χ0v) is 17.5. The lowest BCUT2D eigenvalue weighted by atomic mass is 9.53. The summed E-state index contributed by atoms with van der Waals surface area (Å²) in [4.78, 5) is 13.9. The zero-order chi connectivity index (χ0) is 20.4. The number of aliphatic hydroxyl groups is 1. The Kier molecular flexibility index (Phi) is 5.46. The lowest BCUT2D eigenvalue weighted by molar-refractivity contribution is 0.0103. The quantitative estimate of drug-likeness (QED) is 0.470. The summed E-state index contributed by atoms with van der Waals surface area (Å²) < 4.78 is 0. The van der Waals surface area contributed by atoms with E-state index in [0.29, 0.717) is 37.4 Å². The largest absolute Gasteiger partial charge is 0.396 e. The fourth-order valence-corrected chi connectivity index (χ4v) is 6.15. The molecular formula is C23H32N6O. The normalized spacial score (nSPS) is 29.0. The molecule has 4 bridgehead atoms. The van der Waals surface area contributed by atoms with Crippen molar-refractivity contribution in [3.8, 4) is 0 Å². The number of benzene rings is 1. The third-order valence-electron chi connectivity index (χ3n) is 6.96. The van der Waals surface area contributed by atoms with Gasteiger partial charge in [0.25, 0.3) is 0 Å². The van der Waals surface area contributed by atoms with Gasteiger partial charge in [-0.05, 0) is 68.3 Å². The van der Waals surface area contributed by atoms with Crippen LogP contribution in [0, 0.1) is 17.8 Å². The third kappa shape index (κ3) is 4.36. The van der Waals surface area contributed by atoms with Crippen LogP contribution in [0.1, 0.15) is 50.5 Å². The lowest BCUT2D eigenvalue weighted by Crippen LogP contribution is -2.55. The van der Waals surface area contributed by atoms with Crippen molar-refractivity contribution in [2.45, 2.75) is 57.0 Å². The maximum atomic E-state index is 9.09. The molecule has 0 saturated heterocycles. The highest BCUT2D eigenvalue weighted by molar-refractivity contribution is 5.44. The molecule has 0 amide bonds. The van der Waals surface area contributed by atoms with E-state index in [-0.39, 0.29) is 12.1 Å². The van der Waals surface area contributed by atoms with Gasteiger partial charge in [-0.3, -0.25) is 0 Å². The minimum absolute atomic E-state index is 0.148. The van der Waals surface area contributed by atoms with Gasteiger partial charge in [0.05, 0.1) is 0 Å². The van der Waals surface area contributed by atoms with Crippen LogP contribution < -0.4 is 16.0 Å². The first kappa shape index (κ1) is 19.5. The number of hydrogen-bond acceptors (Lipinski definition) is 7. The van der Waals surface area contributed by atoms with Crippen molar-refractivity contribution in [3.05, 3.63) is 35.9 Å². The number of aromatic nitrogens is 3. The van der Waals surface area contributed by atoms with Crippen molar-refractivity contribution in [2.75, 3.05) is 29.1 Å². The Morgan fingerprint density at radius 3 is 2.07 bits per heavy atom. The minimum atomic E-state index is 0.148. The first-order valence-corrected chi connectivity index (χ1v) is 11.4. The van der Waals surface area contributed by atoms with E-state index in [1.807, 2.05) is 18.2 Å². The Morgan fingerprint density at radius 1 is 0.833 bits per heavy atom. The standard InChI is InChI=1S/C23H32N6O/c30-8-4-7-24-20-26-21(25-15-16-5-2-1-3-6-16)28-22(27-20)29-23-12-17-9-18(13-23)11-19(10-17)14-23/h1-3,5-6,17-19,30H,4,7-15H2,(H3,24,25,26,27,28,29). The fourth-order valence-electron chi connectivity index (χ4n) is 6.15. The van der Waals surface area contributed by atoms with Gasteiger partial charge in [0.1, 0.15) is 0 Å². The van der Waals surface area contributed by atoms with Gasteiger partial charge in [0, 0.05) is 25.2 Å². The van der Waals surface area contributed by atoms with Crippen molar-refractivity contribution in [1.29, 1.82) is 0 Å². The molecule has 7 heteroatoms. The molecular weight excluding hydrogens is 376 g/mol. The highest BCUT2D eigenvalue weighted by Gasteiger charge is 2.51. The molecule has 4 saturated carbocycles. The Hall–Kier alpha value is -2.41. The molecule has 4 N–H and O–H groups in total. The van der Waals surface area contributed by atoms with Crippen molar-refractivity contribution in [3.63, 3.8) is 0 Å². The average Bonchev–Trinajstić information content (AvgIpc) is 2.72. The molecule has 4 aliphatic carbocycles. The molecule has 7 nitrogen and oxygen atoms in total. The molecule has 0 atom stereocenters. The molecule has 0 radical (unpaired) electrons. The van der Waals surface area contributed by atoms with Crippen molar-refractivity contribution in [2.24, 2.45) is 17.8 Å². The van der Waals surface area contributed by atoms with Crippen molar-refractivity contribution < 1.29 is 5.11 Å². The van der Waals surface area contributed by atoms with E-state index < -0.39 is 0 Å². The maximum Gasteiger partial charge on any atom is 0.229 e. The van der Waals surface area contributed by atoms with Crippen LogP contribution in [0.4, 0.5) is 17.8 Å². The summed E-state index contributed by atoms with van der Waals surface area (Å²) in [6, 6.07) is 10.3. The van der Waals surface area contributed by atoms with Crippen molar-refractivity contribution in [1.82, 2.24) is 15.0 Å². The Bertz CT molecular complexity index is 823. The topological polar surface area (TPSA) is 95.0 Å². The monoisotopic (exact) mass is 408 g/mol. The molecule has 1 aromatic heterocycles.